The molecule has 1 amide bonds. The lowest BCUT2D eigenvalue weighted by molar-refractivity contribution is -0.151. The van der Waals surface area contributed by atoms with Gasteiger partial charge in [0.15, 0.2) is 11.9 Å². The van der Waals surface area contributed by atoms with Crippen LogP contribution in [0.3, 0.4) is 0 Å². The number of ketones is 2. The number of carbonyl (C=O) groups excluding carboxylic acids is 4. The minimum atomic E-state index is -1.03. The van der Waals surface area contributed by atoms with Crippen LogP contribution in [0.4, 0.5) is 5.69 Å². The van der Waals surface area contributed by atoms with Crippen molar-refractivity contribution in [3.63, 3.8) is 0 Å². The van der Waals surface area contributed by atoms with E-state index in [0.717, 1.165) is 12.1 Å². The van der Waals surface area contributed by atoms with Gasteiger partial charge in [0.05, 0.1) is 11.6 Å². The predicted molar refractivity (Wildman–Crippen MR) is 116 cm³/mol. The lowest BCUT2D eigenvalue weighted by atomic mass is 10.0. The number of aromatic amines is 1. The first-order chi connectivity index (χ1) is 14.6. The Labute approximate surface area is 181 Å². The second-order valence-corrected chi connectivity index (χ2v) is 8.05. The molecule has 1 fully saturated rings. The van der Waals surface area contributed by atoms with Crippen LogP contribution in [0.5, 0.6) is 0 Å². The van der Waals surface area contributed by atoms with E-state index in [0.29, 0.717) is 16.8 Å². The van der Waals surface area contributed by atoms with Gasteiger partial charge in [-0.2, -0.15) is 0 Å². The highest BCUT2D eigenvalue weighted by Crippen LogP contribution is 2.27. The molecule has 7 nitrogen and oxygen atoms in total. The molecule has 0 saturated carbocycles. The van der Waals surface area contributed by atoms with Crippen LogP contribution in [-0.4, -0.2) is 41.1 Å². The van der Waals surface area contributed by atoms with Crippen LogP contribution in [0.1, 0.15) is 64.9 Å². The fourth-order valence-corrected chi connectivity index (χ4v) is 4.08. The summed E-state index contributed by atoms with van der Waals surface area (Å²) in [6.07, 6.45) is -0.0789. The van der Waals surface area contributed by atoms with Crippen molar-refractivity contribution in [1.29, 1.82) is 0 Å². The van der Waals surface area contributed by atoms with E-state index in [-0.39, 0.29) is 30.3 Å². The number of H-pyrrole nitrogens is 1. The standard InChI is InChI=1S/C24H28N2O5/c1-6-17-7-9-19(10-8-17)26-12-18(11-20(26)28)24(30)31-16(5)23(29)22-13(2)21(15(4)27)14(3)25-22/h7-10,16,18,25H,6,11-12H2,1-5H3/t16-,18-/m0/s1. The van der Waals surface area contributed by atoms with Gasteiger partial charge in [-0.15, -0.1) is 0 Å². The summed E-state index contributed by atoms with van der Waals surface area (Å²) in [6.45, 7) is 8.64. The van der Waals surface area contributed by atoms with Gasteiger partial charge in [-0.1, -0.05) is 19.1 Å². The van der Waals surface area contributed by atoms with Crippen molar-refractivity contribution in [3.05, 3.63) is 52.3 Å². The zero-order chi connectivity index (χ0) is 22.9. The van der Waals surface area contributed by atoms with Crippen LogP contribution >= 0.6 is 0 Å². The van der Waals surface area contributed by atoms with Gasteiger partial charge in [-0.3, -0.25) is 19.2 Å². The number of hydrogen-bond donors (Lipinski definition) is 1. The third-order valence-corrected chi connectivity index (χ3v) is 5.81. The number of nitrogens with zero attached hydrogens (tertiary/aromatic N) is 1. The molecular weight excluding hydrogens is 396 g/mol. The minimum Gasteiger partial charge on any atom is -0.454 e. The summed E-state index contributed by atoms with van der Waals surface area (Å²) in [5.41, 5.74) is 3.82. The Balaban J connectivity index is 1.67. The van der Waals surface area contributed by atoms with E-state index >= 15 is 0 Å². The van der Waals surface area contributed by atoms with Gasteiger partial charge in [-0.25, -0.2) is 0 Å². The number of carbonyl (C=O) groups is 4. The average Bonchev–Trinajstić information content (AvgIpc) is 3.26. The molecule has 0 radical (unpaired) electrons. The number of aromatic nitrogens is 1. The number of ether oxygens (including phenoxy) is 1. The van der Waals surface area contributed by atoms with E-state index < -0.39 is 23.8 Å². The fourth-order valence-electron chi connectivity index (χ4n) is 4.08. The number of amides is 1. The summed E-state index contributed by atoms with van der Waals surface area (Å²) in [5.74, 6) is -1.89. The van der Waals surface area contributed by atoms with E-state index in [9.17, 15) is 19.2 Å². The Hall–Kier alpha value is -3.22. The molecule has 31 heavy (non-hydrogen) atoms. The lowest BCUT2D eigenvalue weighted by Crippen LogP contribution is -2.30. The van der Waals surface area contributed by atoms with Gasteiger partial charge < -0.3 is 14.6 Å². The molecular formula is C24H28N2O5. The van der Waals surface area contributed by atoms with Gasteiger partial charge in [0.1, 0.15) is 0 Å². The molecule has 0 aliphatic carbocycles. The number of rotatable bonds is 7. The summed E-state index contributed by atoms with van der Waals surface area (Å²) in [5, 5.41) is 0. The maximum Gasteiger partial charge on any atom is 0.312 e. The predicted octanol–water partition coefficient (Wildman–Crippen LogP) is 3.56. The molecule has 1 aromatic heterocycles. The van der Waals surface area contributed by atoms with E-state index in [1.165, 1.54) is 19.4 Å². The molecule has 2 aromatic rings. The third-order valence-electron chi connectivity index (χ3n) is 5.81. The molecule has 0 bridgehead atoms. The van der Waals surface area contributed by atoms with Crippen LogP contribution in [0.2, 0.25) is 0 Å². The first kappa shape index (κ1) is 22.5. The normalized spacial score (nSPS) is 17.0. The van der Waals surface area contributed by atoms with Crippen LogP contribution in [0.25, 0.3) is 0 Å². The van der Waals surface area contributed by atoms with E-state index in [2.05, 4.69) is 11.9 Å². The molecule has 0 spiro atoms. The largest absolute Gasteiger partial charge is 0.454 e. The van der Waals surface area contributed by atoms with Crippen molar-refractivity contribution in [2.75, 3.05) is 11.4 Å². The van der Waals surface area contributed by atoms with Crippen molar-refractivity contribution in [2.45, 2.75) is 53.6 Å². The molecule has 1 aliphatic rings. The van der Waals surface area contributed by atoms with Crippen molar-refractivity contribution < 1.29 is 23.9 Å². The topological polar surface area (TPSA) is 96.5 Å². The second-order valence-electron chi connectivity index (χ2n) is 8.05. The summed E-state index contributed by atoms with van der Waals surface area (Å²) >= 11 is 0. The third kappa shape index (κ3) is 4.45. The van der Waals surface area contributed by atoms with Crippen molar-refractivity contribution in [3.8, 4) is 0 Å². The molecule has 1 aromatic carbocycles. The van der Waals surface area contributed by atoms with E-state index in [1.807, 2.05) is 24.3 Å². The second kappa shape index (κ2) is 8.88. The summed E-state index contributed by atoms with van der Waals surface area (Å²) in [6, 6.07) is 7.68. The highest BCUT2D eigenvalue weighted by atomic mass is 16.5. The summed E-state index contributed by atoms with van der Waals surface area (Å²) in [4.78, 5) is 54.3. The molecule has 0 unspecified atom stereocenters. The number of aryl methyl sites for hydroxylation is 2. The molecule has 3 rings (SSSR count). The van der Waals surface area contributed by atoms with Crippen molar-refractivity contribution in [1.82, 2.24) is 4.98 Å². The molecule has 164 valence electrons. The molecule has 2 heterocycles. The fraction of sp³-hybridized carbons (Fsp3) is 0.417. The Morgan fingerprint density at radius 3 is 2.39 bits per heavy atom. The Bertz CT molecular complexity index is 1030. The van der Waals surface area contributed by atoms with Crippen molar-refractivity contribution in [2.24, 2.45) is 5.92 Å². The smallest absolute Gasteiger partial charge is 0.312 e. The SMILES string of the molecule is CCc1ccc(N2C[C@@H](C(=O)O[C@@H](C)C(=O)c3[nH]c(C)c(C(C)=O)c3C)CC2=O)cc1. The maximum atomic E-state index is 12.8. The van der Waals surface area contributed by atoms with Crippen LogP contribution in [0, 0.1) is 19.8 Å². The molecule has 1 saturated heterocycles. The highest BCUT2D eigenvalue weighted by Gasteiger charge is 2.37. The number of benzene rings is 1. The molecule has 7 heteroatoms. The Morgan fingerprint density at radius 1 is 1.19 bits per heavy atom. The zero-order valence-corrected chi connectivity index (χ0v) is 18.6. The summed E-state index contributed by atoms with van der Waals surface area (Å²) in [7, 11) is 0. The van der Waals surface area contributed by atoms with Gasteiger partial charge in [0.2, 0.25) is 11.7 Å². The van der Waals surface area contributed by atoms with Gasteiger partial charge in [0.25, 0.3) is 0 Å². The van der Waals surface area contributed by atoms with Gasteiger partial charge in [-0.05, 0) is 57.4 Å². The summed E-state index contributed by atoms with van der Waals surface area (Å²) < 4.78 is 5.41. The van der Waals surface area contributed by atoms with Gasteiger partial charge >= 0.3 is 5.97 Å². The van der Waals surface area contributed by atoms with E-state index in [1.54, 1.807) is 18.7 Å². The zero-order valence-electron chi connectivity index (χ0n) is 18.6. The molecule has 2 atom stereocenters. The van der Waals surface area contributed by atoms with Crippen LogP contribution < -0.4 is 4.90 Å². The number of hydrogen-bond acceptors (Lipinski definition) is 5. The maximum absolute atomic E-state index is 12.8. The Kier molecular flexibility index (Phi) is 6.43. The molecule has 1 aliphatic heterocycles. The quantitative estimate of drug-likeness (QED) is 0.541. The van der Waals surface area contributed by atoms with Gasteiger partial charge in [0, 0.05) is 29.9 Å². The average molecular weight is 424 g/mol. The first-order valence-corrected chi connectivity index (χ1v) is 10.5. The monoisotopic (exact) mass is 424 g/mol. The molecule has 1 N–H and O–H groups in total. The number of esters is 1. The number of nitrogens with one attached hydrogen (secondary N) is 1. The highest BCUT2D eigenvalue weighted by molar-refractivity contribution is 6.05. The number of anilines is 1. The van der Waals surface area contributed by atoms with Crippen LogP contribution in [0.15, 0.2) is 24.3 Å². The Morgan fingerprint density at radius 2 is 1.84 bits per heavy atom. The minimum absolute atomic E-state index is 0.0460. The lowest BCUT2D eigenvalue weighted by Gasteiger charge is -2.18. The van der Waals surface area contributed by atoms with E-state index in [4.69, 9.17) is 4.74 Å². The first-order valence-electron chi connectivity index (χ1n) is 10.5. The number of Topliss-reactive ketones (excluding diaryl/α,β-unsaturated/α-hetero) is 2. The van der Waals surface area contributed by atoms with Crippen LogP contribution in [-0.2, 0) is 20.7 Å². The van der Waals surface area contributed by atoms with Crippen molar-refractivity contribution >= 4 is 29.1 Å².